The lowest BCUT2D eigenvalue weighted by molar-refractivity contribution is 0.247. The van der Waals surface area contributed by atoms with Gasteiger partial charge >= 0.3 is 0 Å². The van der Waals surface area contributed by atoms with E-state index in [1.165, 1.54) is 0 Å². The van der Waals surface area contributed by atoms with Gasteiger partial charge in [-0.1, -0.05) is 19.9 Å². The Bertz CT molecular complexity index is 75.0. The van der Waals surface area contributed by atoms with Crippen LogP contribution in [0, 0.1) is 0 Å². The second-order valence-electron chi connectivity index (χ2n) is 1.80. The molecule has 2 heteroatoms. The maximum absolute atomic E-state index is 3.12. The molecule has 0 aromatic rings. The molecule has 1 N–H and O–H groups in total. The van der Waals surface area contributed by atoms with Gasteiger partial charge in [0.2, 0.25) is 0 Å². The Hall–Kier alpha value is -0.500. The monoisotopic (exact) mass is 128 g/mol. The van der Waals surface area contributed by atoms with Gasteiger partial charge in [-0.3, -0.25) is 0 Å². The maximum Gasteiger partial charge on any atom is 0.0150 e. The molecule has 0 spiro atoms. The molecule has 0 fully saturated rings. The molecule has 0 saturated carbocycles. The Morgan fingerprint density at radius 1 is 1.33 bits per heavy atom. The van der Waals surface area contributed by atoms with Crippen LogP contribution < -0.4 is 5.43 Å². The van der Waals surface area contributed by atoms with Crippen molar-refractivity contribution in [2.24, 2.45) is 0 Å². The van der Waals surface area contributed by atoms with Crippen molar-refractivity contribution in [3.05, 3.63) is 12.3 Å². The molecule has 0 amide bonds. The summed E-state index contributed by atoms with van der Waals surface area (Å²) in [6.45, 7) is 8.33. The van der Waals surface area contributed by atoms with E-state index in [0.717, 1.165) is 13.1 Å². The number of nitrogens with zero attached hydrogens (tertiary/aromatic N) is 1. The summed E-state index contributed by atoms with van der Waals surface area (Å²) in [5.74, 6) is 0. The Morgan fingerprint density at radius 3 is 2.22 bits per heavy atom. The van der Waals surface area contributed by atoms with Crippen LogP contribution in [-0.2, 0) is 0 Å². The van der Waals surface area contributed by atoms with Gasteiger partial charge in [0, 0.05) is 19.3 Å². The second kappa shape index (κ2) is 5.63. The van der Waals surface area contributed by atoms with Gasteiger partial charge in [-0.25, -0.2) is 5.01 Å². The maximum atomic E-state index is 3.12. The molecule has 0 atom stereocenters. The van der Waals surface area contributed by atoms with Crippen molar-refractivity contribution < 1.29 is 0 Å². The van der Waals surface area contributed by atoms with Crippen LogP contribution in [0.5, 0.6) is 0 Å². The van der Waals surface area contributed by atoms with E-state index in [-0.39, 0.29) is 0 Å². The number of hydrogen-bond donors (Lipinski definition) is 1. The van der Waals surface area contributed by atoms with Crippen LogP contribution in [0.25, 0.3) is 0 Å². The second-order valence-corrected chi connectivity index (χ2v) is 1.80. The summed E-state index contributed by atoms with van der Waals surface area (Å²) in [6.07, 6.45) is 3.92. The van der Waals surface area contributed by atoms with Crippen LogP contribution in [0.4, 0.5) is 0 Å². The molecule has 0 bridgehead atoms. The minimum atomic E-state index is 1.04. The van der Waals surface area contributed by atoms with Crippen LogP contribution in [0.2, 0.25) is 0 Å². The van der Waals surface area contributed by atoms with E-state index in [1.54, 1.807) is 0 Å². The number of rotatable bonds is 4. The first-order chi connectivity index (χ1) is 4.35. The van der Waals surface area contributed by atoms with Gasteiger partial charge < -0.3 is 5.43 Å². The lowest BCUT2D eigenvalue weighted by Gasteiger charge is -2.16. The lowest BCUT2D eigenvalue weighted by Crippen LogP contribution is -2.33. The Balaban J connectivity index is 3.31. The highest BCUT2D eigenvalue weighted by Gasteiger charge is 1.89. The Labute approximate surface area is 57.5 Å². The van der Waals surface area contributed by atoms with E-state index < -0.39 is 0 Å². The molecule has 54 valence electrons. The molecular formula is C7H16N2. The first kappa shape index (κ1) is 8.50. The molecule has 0 aliphatic rings. The smallest absolute Gasteiger partial charge is 0.0150 e. The van der Waals surface area contributed by atoms with Crippen LogP contribution >= 0.6 is 0 Å². The molecule has 0 aromatic carbocycles. The average molecular weight is 128 g/mol. The Morgan fingerprint density at radius 2 is 1.89 bits per heavy atom. The van der Waals surface area contributed by atoms with Crippen molar-refractivity contribution in [1.82, 2.24) is 10.4 Å². The van der Waals surface area contributed by atoms with Gasteiger partial charge in [0.05, 0.1) is 0 Å². The third-order valence-electron chi connectivity index (χ3n) is 1.19. The zero-order valence-electron chi connectivity index (χ0n) is 6.52. The van der Waals surface area contributed by atoms with Crippen LogP contribution in [0.15, 0.2) is 12.3 Å². The van der Waals surface area contributed by atoms with Gasteiger partial charge in [-0.15, -0.1) is 0 Å². The minimum absolute atomic E-state index is 1.04. The number of nitrogens with one attached hydrogen (secondary N) is 1. The fourth-order valence-electron chi connectivity index (χ4n) is 0.586. The molecule has 0 rings (SSSR count). The summed E-state index contributed by atoms with van der Waals surface area (Å²) >= 11 is 0. The molecule has 9 heavy (non-hydrogen) atoms. The van der Waals surface area contributed by atoms with Crippen molar-refractivity contribution >= 4 is 0 Å². The summed E-state index contributed by atoms with van der Waals surface area (Å²) in [5.41, 5.74) is 3.12. The first-order valence-electron chi connectivity index (χ1n) is 3.47. The largest absolute Gasteiger partial charge is 0.326 e. The number of hydrogen-bond acceptors (Lipinski definition) is 2. The molecule has 0 saturated heterocycles. The van der Waals surface area contributed by atoms with Crippen molar-refractivity contribution in [3.8, 4) is 0 Å². The molecule has 0 aromatic heterocycles. The fraction of sp³-hybridized carbons (Fsp3) is 0.714. The van der Waals surface area contributed by atoms with Gasteiger partial charge in [0.1, 0.15) is 0 Å². The number of hydrazine groups is 1. The molecular weight excluding hydrogens is 112 g/mol. The molecule has 0 unspecified atom stereocenters. The average Bonchev–Trinajstić information content (AvgIpc) is 1.91. The van der Waals surface area contributed by atoms with Crippen LogP contribution in [-0.4, -0.2) is 18.1 Å². The topological polar surface area (TPSA) is 15.3 Å². The highest BCUT2D eigenvalue weighted by Crippen LogP contribution is 1.78. The van der Waals surface area contributed by atoms with E-state index in [0.29, 0.717) is 0 Å². The third-order valence-corrected chi connectivity index (χ3v) is 1.19. The van der Waals surface area contributed by atoms with E-state index >= 15 is 0 Å². The zero-order chi connectivity index (χ0) is 7.11. The summed E-state index contributed by atoms with van der Waals surface area (Å²) in [5, 5.41) is 2.12. The summed E-state index contributed by atoms with van der Waals surface area (Å²) in [7, 11) is 0. The van der Waals surface area contributed by atoms with Gasteiger partial charge in [-0.2, -0.15) is 0 Å². The van der Waals surface area contributed by atoms with Crippen molar-refractivity contribution in [2.75, 3.05) is 13.1 Å². The van der Waals surface area contributed by atoms with Crippen LogP contribution in [0.1, 0.15) is 20.8 Å². The summed E-state index contributed by atoms with van der Waals surface area (Å²) < 4.78 is 0. The van der Waals surface area contributed by atoms with Crippen molar-refractivity contribution in [1.29, 1.82) is 0 Å². The third kappa shape index (κ3) is 4.03. The highest BCUT2D eigenvalue weighted by molar-refractivity contribution is 4.71. The van der Waals surface area contributed by atoms with Crippen molar-refractivity contribution in [3.63, 3.8) is 0 Å². The fourth-order valence-corrected chi connectivity index (χ4v) is 0.586. The van der Waals surface area contributed by atoms with E-state index in [4.69, 9.17) is 0 Å². The normalized spacial score (nSPS) is 11.1. The van der Waals surface area contributed by atoms with E-state index in [9.17, 15) is 0 Å². The first-order valence-corrected chi connectivity index (χ1v) is 3.47. The van der Waals surface area contributed by atoms with Crippen molar-refractivity contribution in [2.45, 2.75) is 20.8 Å². The summed E-state index contributed by atoms with van der Waals surface area (Å²) in [6, 6.07) is 0. The zero-order valence-corrected chi connectivity index (χ0v) is 6.52. The quantitative estimate of drug-likeness (QED) is 0.575. The molecule has 0 heterocycles. The van der Waals surface area contributed by atoms with Gasteiger partial charge in [0.15, 0.2) is 0 Å². The number of allylic oxidation sites excluding steroid dienone is 1. The van der Waals surface area contributed by atoms with Crippen LogP contribution in [0.3, 0.4) is 0 Å². The standard InChI is InChI=1S/C7H16N2/c1-4-7-8-9(5-2)6-3/h4,7-8H,5-6H2,1-3H3. The molecule has 0 aliphatic carbocycles. The Kier molecular flexibility index (Phi) is 5.32. The van der Waals surface area contributed by atoms with E-state index in [1.807, 2.05) is 19.2 Å². The van der Waals surface area contributed by atoms with Gasteiger partial charge in [0.25, 0.3) is 0 Å². The SMILES string of the molecule is CC=CNN(CC)CC. The lowest BCUT2D eigenvalue weighted by atomic mass is 10.6. The predicted molar refractivity (Wildman–Crippen MR) is 40.9 cm³/mol. The minimum Gasteiger partial charge on any atom is -0.326 e. The summed E-state index contributed by atoms with van der Waals surface area (Å²) in [4.78, 5) is 0. The molecule has 0 radical (unpaired) electrons. The van der Waals surface area contributed by atoms with E-state index in [2.05, 4.69) is 24.3 Å². The molecule has 2 nitrogen and oxygen atoms in total. The molecule has 0 aliphatic heterocycles. The van der Waals surface area contributed by atoms with Gasteiger partial charge in [-0.05, 0) is 6.92 Å². The predicted octanol–water partition coefficient (Wildman–Crippen LogP) is 1.37. The highest BCUT2D eigenvalue weighted by atomic mass is 15.5.